The molecule has 1 atom stereocenters. The molecule has 0 radical (unpaired) electrons. The van der Waals surface area contributed by atoms with Crippen molar-refractivity contribution in [2.45, 2.75) is 45.3 Å². The number of amides is 1. The number of benzene rings is 1. The second kappa shape index (κ2) is 6.72. The number of ether oxygens (including phenoxy) is 1. The van der Waals surface area contributed by atoms with Gasteiger partial charge in [-0.15, -0.1) is 0 Å². The van der Waals surface area contributed by atoms with Crippen LogP contribution < -0.4 is 5.48 Å². The van der Waals surface area contributed by atoms with Crippen molar-refractivity contribution in [2.75, 3.05) is 6.61 Å². The van der Waals surface area contributed by atoms with Crippen LogP contribution in [0, 0.1) is 0 Å². The molecule has 1 aliphatic rings. The molecule has 0 aliphatic carbocycles. The monoisotopic (exact) mass is 279 g/mol. The number of carbonyl (C=O) groups excluding carboxylic acids is 1. The van der Waals surface area contributed by atoms with Crippen LogP contribution >= 0.6 is 0 Å². The molecule has 1 amide bonds. The number of rotatable bonds is 4. The first-order chi connectivity index (χ1) is 9.58. The minimum absolute atomic E-state index is 0.0399. The molecule has 0 aromatic heterocycles. The lowest BCUT2D eigenvalue weighted by molar-refractivity contribution is -0.186. The van der Waals surface area contributed by atoms with E-state index in [0.717, 1.165) is 24.8 Å². The Morgan fingerprint density at radius 2 is 2.25 bits per heavy atom. The van der Waals surface area contributed by atoms with Gasteiger partial charge in [-0.3, -0.25) is 4.79 Å². The largest absolute Gasteiger partial charge is 0.507 e. The maximum atomic E-state index is 11.9. The van der Waals surface area contributed by atoms with Crippen LogP contribution in [0.5, 0.6) is 5.75 Å². The standard InChI is InChI=1S/C15H21NO4/c1-10(2)11-6-7-12(13(17)9-11)15(18)16-20-14-5-3-4-8-19-14/h6-7,9-10,14,17H,3-5,8H2,1-2H3,(H,16,18)/t14-/m1/s1. The molecule has 1 aromatic rings. The molecule has 1 aliphatic heterocycles. The summed E-state index contributed by atoms with van der Waals surface area (Å²) in [5, 5.41) is 9.90. The molecule has 2 rings (SSSR count). The number of carbonyl (C=O) groups is 1. The molecule has 1 heterocycles. The zero-order chi connectivity index (χ0) is 14.5. The highest BCUT2D eigenvalue weighted by Gasteiger charge is 2.18. The first-order valence-corrected chi connectivity index (χ1v) is 6.98. The summed E-state index contributed by atoms with van der Waals surface area (Å²) < 4.78 is 5.35. The summed E-state index contributed by atoms with van der Waals surface area (Å²) in [6.07, 6.45) is 2.41. The van der Waals surface area contributed by atoms with Crippen molar-refractivity contribution in [1.29, 1.82) is 0 Å². The highest BCUT2D eigenvalue weighted by atomic mass is 16.8. The van der Waals surface area contributed by atoms with Crippen molar-refractivity contribution in [1.82, 2.24) is 5.48 Å². The zero-order valence-corrected chi connectivity index (χ0v) is 11.9. The SMILES string of the molecule is CC(C)c1ccc(C(=O)NO[C@@H]2CCCCO2)c(O)c1. The fourth-order valence-electron chi connectivity index (χ4n) is 2.08. The Hall–Kier alpha value is -1.59. The van der Waals surface area contributed by atoms with E-state index >= 15 is 0 Å². The third kappa shape index (κ3) is 3.71. The number of hydroxylamine groups is 1. The van der Waals surface area contributed by atoms with Gasteiger partial charge in [0.1, 0.15) is 5.75 Å². The average Bonchev–Trinajstić information content (AvgIpc) is 2.45. The van der Waals surface area contributed by atoms with Gasteiger partial charge in [-0.25, -0.2) is 10.3 Å². The van der Waals surface area contributed by atoms with E-state index in [1.54, 1.807) is 12.1 Å². The van der Waals surface area contributed by atoms with Crippen molar-refractivity contribution in [3.05, 3.63) is 29.3 Å². The second-order valence-electron chi connectivity index (χ2n) is 5.28. The van der Waals surface area contributed by atoms with Crippen molar-refractivity contribution in [3.8, 4) is 5.75 Å². The van der Waals surface area contributed by atoms with Gasteiger partial charge in [0.15, 0.2) is 6.29 Å². The Balaban J connectivity index is 1.94. The van der Waals surface area contributed by atoms with E-state index in [1.807, 2.05) is 19.9 Å². The van der Waals surface area contributed by atoms with Gasteiger partial charge in [0, 0.05) is 13.0 Å². The fraction of sp³-hybridized carbons (Fsp3) is 0.533. The van der Waals surface area contributed by atoms with Gasteiger partial charge in [0.25, 0.3) is 5.91 Å². The van der Waals surface area contributed by atoms with Gasteiger partial charge in [-0.05, 0) is 36.5 Å². The smallest absolute Gasteiger partial charge is 0.278 e. The highest BCUT2D eigenvalue weighted by molar-refractivity contribution is 5.96. The number of hydrogen-bond donors (Lipinski definition) is 2. The molecule has 5 heteroatoms. The summed E-state index contributed by atoms with van der Waals surface area (Å²) in [6.45, 7) is 4.70. The van der Waals surface area contributed by atoms with E-state index < -0.39 is 12.2 Å². The van der Waals surface area contributed by atoms with Crippen LogP contribution in [-0.4, -0.2) is 23.9 Å². The number of nitrogens with one attached hydrogen (secondary N) is 1. The molecule has 0 spiro atoms. The van der Waals surface area contributed by atoms with Gasteiger partial charge in [0.2, 0.25) is 0 Å². The maximum absolute atomic E-state index is 11.9. The van der Waals surface area contributed by atoms with E-state index in [-0.39, 0.29) is 11.3 Å². The summed E-state index contributed by atoms with van der Waals surface area (Å²) in [6, 6.07) is 5.04. The lowest BCUT2D eigenvalue weighted by Gasteiger charge is -2.22. The third-order valence-corrected chi connectivity index (χ3v) is 3.35. The summed E-state index contributed by atoms with van der Waals surface area (Å²) >= 11 is 0. The Bertz CT molecular complexity index is 467. The van der Waals surface area contributed by atoms with Crippen LogP contribution in [0.2, 0.25) is 0 Å². The first kappa shape index (κ1) is 14.8. The van der Waals surface area contributed by atoms with E-state index in [2.05, 4.69) is 5.48 Å². The van der Waals surface area contributed by atoms with Gasteiger partial charge >= 0.3 is 0 Å². The van der Waals surface area contributed by atoms with Gasteiger partial charge in [-0.2, -0.15) is 0 Å². The van der Waals surface area contributed by atoms with Crippen LogP contribution in [0.1, 0.15) is 54.9 Å². The molecular weight excluding hydrogens is 258 g/mol. The molecule has 2 N–H and O–H groups in total. The van der Waals surface area contributed by atoms with Gasteiger partial charge < -0.3 is 9.84 Å². The number of hydrogen-bond acceptors (Lipinski definition) is 4. The lowest BCUT2D eigenvalue weighted by atomic mass is 10.0. The van der Waals surface area contributed by atoms with E-state index in [1.165, 1.54) is 0 Å². The fourth-order valence-corrected chi connectivity index (χ4v) is 2.08. The Morgan fingerprint density at radius 3 is 2.85 bits per heavy atom. The average molecular weight is 279 g/mol. The first-order valence-electron chi connectivity index (χ1n) is 6.98. The summed E-state index contributed by atoms with van der Waals surface area (Å²) in [5.41, 5.74) is 3.52. The second-order valence-corrected chi connectivity index (χ2v) is 5.28. The lowest BCUT2D eigenvalue weighted by Crippen LogP contribution is -2.33. The Kier molecular flexibility index (Phi) is 4.98. The van der Waals surface area contributed by atoms with Crippen LogP contribution in [0.4, 0.5) is 0 Å². The quantitative estimate of drug-likeness (QED) is 0.832. The highest BCUT2D eigenvalue weighted by Crippen LogP contribution is 2.23. The van der Waals surface area contributed by atoms with Crippen LogP contribution in [0.3, 0.4) is 0 Å². The molecule has 0 saturated carbocycles. The predicted octanol–water partition coefficient (Wildman–Crippen LogP) is 2.70. The molecule has 110 valence electrons. The maximum Gasteiger partial charge on any atom is 0.278 e. The summed E-state index contributed by atoms with van der Waals surface area (Å²) in [4.78, 5) is 17.1. The molecule has 1 saturated heterocycles. The Labute approximate surface area is 118 Å². The van der Waals surface area contributed by atoms with Crippen LogP contribution in [0.15, 0.2) is 18.2 Å². The predicted molar refractivity (Wildman–Crippen MR) is 74.3 cm³/mol. The van der Waals surface area contributed by atoms with Crippen LogP contribution in [0.25, 0.3) is 0 Å². The molecule has 1 fully saturated rings. The third-order valence-electron chi connectivity index (χ3n) is 3.35. The molecule has 20 heavy (non-hydrogen) atoms. The molecule has 1 aromatic carbocycles. The van der Waals surface area contributed by atoms with Crippen molar-refractivity contribution < 1.29 is 19.5 Å². The molecule has 0 unspecified atom stereocenters. The van der Waals surface area contributed by atoms with Gasteiger partial charge in [0.05, 0.1) is 5.56 Å². The normalized spacial score (nSPS) is 19.1. The topological polar surface area (TPSA) is 67.8 Å². The minimum Gasteiger partial charge on any atom is -0.507 e. The van der Waals surface area contributed by atoms with Gasteiger partial charge in [-0.1, -0.05) is 19.9 Å². The molecular formula is C15H21NO4. The van der Waals surface area contributed by atoms with E-state index in [9.17, 15) is 9.90 Å². The summed E-state index contributed by atoms with van der Waals surface area (Å²) in [7, 11) is 0. The van der Waals surface area contributed by atoms with E-state index in [4.69, 9.17) is 9.57 Å². The summed E-state index contributed by atoms with van der Waals surface area (Å²) in [5.74, 6) is -0.209. The number of phenolic OH excluding ortho intramolecular Hbond substituents is 1. The molecule has 0 bridgehead atoms. The number of phenols is 1. The zero-order valence-electron chi connectivity index (χ0n) is 11.9. The Morgan fingerprint density at radius 1 is 1.45 bits per heavy atom. The number of aromatic hydroxyl groups is 1. The van der Waals surface area contributed by atoms with E-state index in [0.29, 0.717) is 12.5 Å². The van der Waals surface area contributed by atoms with Crippen molar-refractivity contribution in [2.24, 2.45) is 0 Å². The molecule has 5 nitrogen and oxygen atoms in total. The van der Waals surface area contributed by atoms with Crippen molar-refractivity contribution >= 4 is 5.91 Å². The van der Waals surface area contributed by atoms with Crippen molar-refractivity contribution in [3.63, 3.8) is 0 Å². The van der Waals surface area contributed by atoms with Crippen LogP contribution in [-0.2, 0) is 9.57 Å². The minimum atomic E-state index is -0.466.